The molecular formula is C17H21NO3. The molecule has 1 aliphatic rings. The first-order chi connectivity index (χ1) is 9.89. The van der Waals surface area contributed by atoms with Crippen molar-refractivity contribution in [2.75, 3.05) is 6.54 Å². The number of aliphatic hydroxyl groups excluding tert-OH is 2. The molecule has 0 heterocycles. The maximum absolute atomic E-state index is 12.0. The number of benzene rings is 1. The molecule has 2 rings (SSSR count). The van der Waals surface area contributed by atoms with E-state index in [9.17, 15) is 15.0 Å². The number of hydrogen-bond donors (Lipinski definition) is 2. The maximum Gasteiger partial charge on any atom is 0.168 e. The third-order valence-corrected chi connectivity index (χ3v) is 3.58. The summed E-state index contributed by atoms with van der Waals surface area (Å²) >= 11 is 0. The SMILES string of the molecule is CC1(C)CC(=O)C(C=NC[C@H](O)c2ccccc2)=C(O)C1. The molecule has 112 valence electrons. The van der Waals surface area contributed by atoms with Gasteiger partial charge in [-0.2, -0.15) is 0 Å². The van der Waals surface area contributed by atoms with Crippen molar-refractivity contribution in [3.63, 3.8) is 0 Å². The largest absolute Gasteiger partial charge is 0.511 e. The van der Waals surface area contributed by atoms with E-state index < -0.39 is 6.10 Å². The number of rotatable bonds is 4. The van der Waals surface area contributed by atoms with Crippen LogP contribution in [0.1, 0.15) is 38.4 Å². The fourth-order valence-electron chi connectivity index (χ4n) is 2.47. The van der Waals surface area contributed by atoms with Gasteiger partial charge in [0.05, 0.1) is 18.2 Å². The molecule has 0 aliphatic heterocycles. The van der Waals surface area contributed by atoms with Gasteiger partial charge in [-0.15, -0.1) is 0 Å². The minimum atomic E-state index is -0.708. The minimum absolute atomic E-state index is 0.0919. The van der Waals surface area contributed by atoms with Gasteiger partial charge < -0.3 is 10.2 Å². The Morgan fingerprint density at radius 3 is 2.57 bits per heavy atom. The van der Waals surface area contributed by atoms with Gasteiger partial charge in [-0.1, -0.05) is 44.2 Å². The highest BCUT2D eigenvalue weighted by molar-refractivity contribution is 6.14. The zero-order chi connectivity index (χ0) is 15.5. The lowest BCUT2D eigenvalue weighted by molar-refractivity contribution is -0.117. The second-order valence-corrected chi connectivity index (χ2v) is 6.22. The van der Waals surface area contributed by atoms with Gasteiger partial charge in [0, 0.05) is 19.1 Å². The zero-order valence-electron chi connectivity index (χ0n) is 12.4. The fraction of sp³-hybridized carbons (Fsp3) is 0.412. The van der Waals surface area contributed by atoms with Crippen LogP contribution >= 0.6 is 0 Å². The van der Waals surface area contributed by atoms with Crippen molar-refractivity contribution in [2.24, 2.45) is 10.4 Å². The molecule has 1 atom stereocenters. The lowest BCUT2D eigenvalue weighted by atomic mass is 9.77. The van der Waals surface area contributed by atoms with E-state index in [1.54, 1.807) is 0 Å². The summed E-state index contributed by atoms with van der Waals surface area (Å²) in [5.41, 5.74) is 0.848. The van der Waals surface area contributed by atoms with Gasteiger partial charge >= 0.3 is 0 Å². The highest BCUT2D eigenvalue weighted by Crippen LogP contribution is 2.35. The van der Waals surface area contributed by atoms with Crippen LogP contribution in [0.15, 0.2) is 46.7 Å². The van der Waals surface area contributed by atoms with Gasteiger partial charge in [-0.05, 0) is 11.0 Å². The first-order valence-corrected chi connectivity index (χ1v) is 7.07. The summed E-state index contributed by atoms with van der Waals surface area (Å²) in [5, 5.41) is 19.9. The van der Waals surface area contributed by atoms with Crippen molar-refractivity contribution in [3.8, 4) is 0 Å². The lowest BCUT2D eigenvalue weighted by Gasteiger charge is -2.28. The summed E-state index contributed by atoms with van der Waals surface area (Å²) < 4.78 is 0. The van der Waals surface area contributed by atoms with Crippen LogP contribution in [0.5, 0.6) is 0 Å². The van der Waals surface area contributed by atoms with Crippen LogP contribution in [-0.4, -0.2) is 28.8 Å². The first-order valence-electron chi connectivity index (χ1n) is 7.07. The second kappa shape index (κ2) is 6.22. The maximum atomic E-state index is 12.0. The molecule has 0 spiro atoms. The number of ketones is 1. The molecule has 1 aromatic carbocycles. The minimum Gasteiger partial charge on any atom is -0.511 e. The van der Waals surface area contributed by atoms with E-state index in [2.05, 4.69) is 4.99 Å². The number of carbonyl (C=O) groups is 1. The molecule has 4 nitrogen and oxygen atoms in total. The number of aliphatic imine (C=N–C) groups is 1. The van der Waals surface area contributed by atoms with Crippen LogP contribution in [0.4, 0.5) is 0 Å². The standard InChI is InChI=1S/C17H21NO3/c1-17(2)8-14(19)13(15(20)9-17)10-18-11-16(21)12-6-4-3-5-7-12/h3-7,10,16,19,21H,8-9,11H2,1-2H3/t16-/m0/s1. The van der Waals surface area contributed by atoms with Crippen molar-refractivity contribution in [2.45, 2.75) is 32.8 Å². The van der Waals surface area contributed by atoms with Crippen molar-refractivity contribution in [1.82, 2.24) is 0 Å². The lowest BCUT2D eigenvalue weighted by Crippen LogP contribution is -2.26. The molecular weight excluding hydrogens is 266 g/mol. The molecule has 2 N–H and O–H groups in total. The van der Waals surface area contributed by atoms with E-state index in [0.29, 0.717) is 12.8 Å². The van der Waals surface area contributed by atoms with Crippen LogP contribution < -0.4 is 0 Å². The molecule has 0 unspecified atom stereocenters. The van der Waals surface area contributed by atoms with Crippen LogP contribution in [0.2, 0.25) is 0 Å². The quantitative estimate of drug-likeness (QED) is 0.836. The number of hydrogen-bond acceptors (Lipinski definition) is 4. The van der Waals surface area contributed by atoms with E-state index in [1.165, 1.54) is 6.21 Å². The second-order valence-electron chi connectivity index (χ2n) is 6.22. The first kappa shape index (κ1) is 15.4. The van der Waals surface area contributed by atoms with Crippen LogP contribution in [0, 0.1) is 5.41 Å². The molecule has 1 aliphatic carbocycles. The van der Waals surface area contributed by atoms with Gasteiger partial charge in [0.25, 0.3) is 0 Å². The van der Waals surface area contributed by atoms with E-state index in [-0.39, 0.29) is 29.1 Å². The predicted molar refractivity (Wildman–Crippen MR) is 82.4 cm³/mol. The Bertz CT molecular complexity index is 573. The van der Waals surface area contributed by atoms with Gasteiger partial charge in [-0.3, -0.25) is 9.79 Å². The molecule has 0 saturated carbocycles. The van der Waals surface area contributed by atoms with Crippen molar-refractivity contribution >= 4 is 12.0 Å². The molecule has 0 saturated heterocycles. The van der Waals surface area contributed by atoms with Gasteiger partial charge in [-0.25, -0.2) is 0 Å². The van der Waals surface area contributed by atoms with Crippen molar-refractivity contribution in [3.05, 3.63) is 47.2 Å². The summed E-state index contributed by atoms with van der Waals surface area (Å²) in [4.78, 5) is 16.1. The topological polar surface area (TPSA) is 69.9 Å². The molecule has 0 bridgehead atoms. The zero-order valence-corrected chi connectivity index (χ0v) is 12.4. The van der Waals surface area contributed by atoms with E-state index in [4.69, 9.17) is 0 Å². The third kappa shape index (κ3) is 4.02. The smallest absolute Gasteiger partial charge is 0.168 e. The predicted octanol–water partition coefficient (Wildman–Crippen LogP) is 2.99. The molecule has 0 fully saturated rings. The number of nitrogens with zero attached hydrogens (tertiary/aromatic N) is 1. The van der Waals surface area contributed by atoms with Gasteiger partial charge in [0.2, 0.25) is 0 Å². The number of aliphatic hydroxyl groups is 2. The van der Waals surface area contributed by atoms with Crippen LogP contribution in [-0.2, 0) is 4.79 Å². The molecule has 4 heteroatoms. The van der Waals surface area contributed by atoms with Gasteiger partial charge in [0.15, 0.2) is 5.78 Å². The van der Waals surface area contributed by atoms with Crippen molar-refractivity contribution < 1.29 is 15.0 Å². The summed E-state index contributed by atoms with van der Waals surface area (Å²) in [6, 6.07) is 9.23. The van der Waals surface area contributed by atoms with Crippen molar-refractivity contribution in [1.29, 1.82) is 0 Å². The Morgan fingerprint density at radius 2 is 1.95 bits per heavy atom. The number of carbonyl (C=O) groups excluding carboxylic acids is 1. The molecule has 0 radical (unpaired) electrons. The highest BCUT2D eigenvalue weighted by atomic mass is 16.3. The highest BCUT2D eigenvalue weighted by Gasteiger charge is 2.32. The summed E-state index contributed by atoms with van der Waals surface area (Å²) in [6.45, 7) is 4.07. The summed E-state index contributed by atoms with van der Waals surface area (Å²) in [6.07, 6.45) is 1.56. The van der Waals surface area contributed by atoms with Crippen LogP contribution in [0.3, 0.4) is 0 Å². The van der Waals surface area contributed by atoms with Gasteiger partial charge in [0.1, 0.15) is 5.76 Å². The third-order valence-electron chi connectivity index (χ3n) is 3.58. The van der Waals surface area contributed by atoms with E-state index in [0.717, 1.165) is 5.56 Å². The van der Waals surface area contributed by atoms with E-state index >= 15 is 0 Å². The molecule has 1 aromatic rings. The normalized spacial score (nSPS) is 20.0. The Labute approximate surface area is 124 Å². The molecule has 0 aromatic heterocycles. The monoisotopic (exact) mass is 287 g/mol. The van der Waals surface area contributed by atoms with E-state index in [1.807, 2.05) is 44.2 Å². The molecule has 21 heavy (non-hydrogen) atoms. The number of allylic oxidation sites excluding steroid dienone is 2. The number of Topliss-reactive ketones (excluding diaryl/α,β-unsaturated/α-hetero) is 1. The Kier molecular flexibility index (Phi) is 4.58. The average molecular weight is 287 g/mol. The summed E-state index contributed by atoms with van der Waals surface area (Å²) in [5.74, 6) is -0.00379. The fourth-order valence-corrected chi connectivity index (χ4v) is 2.47. The summed E-state index contributed by atoms with van der Waals surface area (Å²) in [7, 11) is 0. The molecule has 0 amide bonds. The Hall–Kier alpha value is -1.94. The average Bonchev–Trinajstić information content (AvgIpc) is 2.41. The Balaban J connectivity index is 2.03. The Morgan fingerprint density at radius 1 is 1.29 bits per heavy atom. The van der Waals surface area contributed by atoms with Crippen LogP contribution in [0.25, 0.3) is 0 Å².